The van der Waals surface area contributed by atoms with Crippen molar-refractivity contribution < 1.29 is 9.47 Å². The first-order chi connectivity index (χ1) is 5.56. The lowest BCUT2D eigenvalue weighted by atomic mass is 10.2. The number of hydrogen-bond acceptors (Lipinski definition) is 3. The van der Waals surface area contributed by atoms with Gasteiger partial charge in [-0.1, -0.05) is 0 Å². The van der Waals surface area contributed by atoms with Gasteiger partial charge in [0.25, 0.3) is 0 Å². The van der Waals surface area contributed by atoms with Gasteiger partial charge in [0.15, 0.2) is 0 Å². The molecule has 0 aliphatic rings. The van der Waals surface area contributed by atoms with Crippen LogP contribution in [0.4, 0.5) is 0 Å². The highest BCUT2D eigenvalue weighted by Crippen LogP contribution is 2.05. The molecule has 0 spiro atoms. The minimum Gasteiger partial charge on any atom is -0.378 e. The Morgan fingerprint density at radius 1 is 1.08 bits per heavy atom. The van der Waals surface area contributed by atoms with E-state index in [1.807, 2.05) is 0 Å². The summed E-state index contributed by atoms with van der Waals surface area (Å²) >= 11 is 1.80. The van der Waals surface area contributed by atoms with Gasteiger partial charge in [-0.2, -0.15) is 11.8 Å². The Morgan fingerprint density at radius 2 is 1.75 bits per heavy atom. The van der Waals surface area contributed by atoms with E-state index in [1.54, 1.807) is 11.8 Å². The summed E-state index contributed by atoms with van der Waals surface area (Å²) in [4.78, 5) is 0. The molecule has 0 fully saturated rings. The largest absolute Gasteiger partial charge is 0.378 e. The Hall–Kier alpha value is 0.270. The molecule has 0 unspecified atom stereocenters. The Morgan fingerprint density at radius 3 is 2.25 bits per heavy atom. The SMILES string of the molecule is CSCCOCCOC(C)(C)C. The number of ether oxygens (including phenoxy) is 2. The molecule has 0 heterocycles. The number of hydrogen-bond donors (Lipinski definition) is 0. The van der Waals surface area contributed by atoms with E-state index in [1.165, 1.54) is 0 Å². The molecule has 0 atom stereocenters. The number of rotatable bonds is 6. The van der Waals surface area contributed by atoms with Gasteiger partial charge >= 0.3 is 0 Å². The standard InChI is InChI=1S/C9H20O2S/c1-9(2,3)11-6-5-10-7-8-12-4/h5-8H2,1-4H3. The zero-order valence-corrected chi connectivity index (χ0v) is 9.37. The molecule has 0 bridgehead atoms. The highest BCUT2D eigenvalue weighted by atomic mass is 32.2. The Balaban J connectivity index is 3.01. The van der Waals surface area contributed by atoms with Crippen molar-refractivity contribution in [2.45, 2.75) is 26.4 Å². The first-order valence-electron chi connectivity index (χ1n) is 4.27. The first-order valence-corrected chi connectivity index (χ1v) is 5.66. The summed E-state index contributed by atoms with van der Waals surface area (Å²) in [6.07, 6.45) is 2.08. The highest BCUT2D eigenvalue weighted by Gasteiger charge is 2.08. The van der Waals surface area contributed by atoms with Crippen molar-refractivity contribution in [3.8, 4) is 0 Å². The molecule has 0 N–H and O–H groups in total. The van der Waals surface area contributed by atoms with Crippen LogP contribution in [0.2, 0.25) is 0 Å². The van der Waals surface area contributed by atoms with Crippen molar-refractivity contribution in [2.24, 2.45) is 0 Å². The molecule has 12 heavy (non-hydrogen) atoms. The molecule has 0 saturated carbocycles. The fourth-order valence-corrected chi connectivity index (χ4v) is 0.936. The maximum absolute atomic E-state index is 5.48. The lowest BCUT2D eigenvalue weighted by molar-refractivity contribution is -0.0328. The van der Waals surface area contributed by atoms with Gasteiger partial charge in [-0.25, -0.2) is 0 Å². The van der Waals surface area contributed by atoms with E-state index in [0.29, 0.717) is 13.2 Å². The van der Waals surface area contributed by atoms with E-state index in [0.717, 1.165) is 12.4 Å². The van der Waals surface area contributed by atoms with Gasteiger partial charge < -0.3 is 9.47 Å². The van der Waals surface area contributed by atoms with Crippen LogP contribution in [0.5, 0.6) is 0 Å². The lowest BCUT2D eigenvalue weighted by Gasteiger charge is -2.19. The van der Waals surface area contributed by atoms with Crippen molar-refractivity contribution in [1.82, 2.24) is 0 Å². The monoisotopic (exact) mass is 192 g/mol. The second kappa shape index (κ2) is 6.75. The van der Waals surface area contributed by atoms with Gasteiger partial charge in [-0.15, -0.1) is 0 Å². The quantitative estimate of drug-likeness (QED) is 0.601. The minimum atomic E-state index is -0.0388. The second-order valence-corrected chi connectivity index (χ2v) is 4.55. The summed E-state index contributed by atoms with van der Waals surface area (Å²) in [6.45, 7) is 8.38. The summed E-state index contributed by atoms with van der Waals surface area (Å²) in [5.74, 6) is 1.06. The normalized spacial score (nSPS) is 12.0. The van der Waals surface area contributed by atoms with Gasteiger partial charge in [-0.3, -0.25) is 0 Å². The molecule has 0 aliphatic heterocycles. The van der Waals surface area contributed by atoms with Gasteiger partial charge in [0.1, 0.15) is 0 Å². The van der Waals surface area contributed by atoms with Gasteiger partial charge in [-0.05, 0) is 27.0 Å². The van der Waals surface area contributed by atoms with Crippen LogP contribution < -0.4 is 0 Å². The smallest absolute Gasteiger partial charge is 0.0707 e. The van der Waals surface area contributed by atoms with Crippen LogP contribution in [-0.2, 0) is 9.47 Å². The molecule has 3 heteroatoms. The lowest BCUT2D eigenvalue weighted by Crippen LogP contribution is -2.22. The third kappa shape index (κ3) is 10.3. The molecular formula is C9H20O2S. The molecule has 2 nitrogen and oxygen atoms in total. The van der Waals surface area contributed by atoms with E-state index in [2.05, 4.69) is 27.0 Å². The molecule has 0 aromatic rings. The predicted molar refractivity (Wildman–Crippen MR) is 54.9 cm³/mol. The van der Waals surface area contributed by atoms with Crippen LogP contribution in [-0.4, -0.2) is 37.4 Å². The maximum Gasteiger partial charge on any atom is 0.0707 e. The van der Waals surface area contributed by atoms with Crippen LogP contribution in [0, 0.1) is 0 Å². The van der Waals surface area contributed by atoms with Crippen LogP contribution in [0.15, 0.2) is 0 Å². The van der Waals surface area contributed by atoms with E-state index >= 15 is 0 Å². The molecule has 0 saturated heterocycles. The average molecular weight is 192 g/mol. The molecule has 0 aliphatic carbocycles. The molecule has 0 radical (unpaired) electrons. The van der Waals surface area contributed by atoms with Crippen molar-refractivity contribution >= 4 is 11.8 Å². The summed E-state index contributed by atoms with van der Waals surface area (Å²) in [6, 6.07) is 0. The van der Waals surface area contributed by atoms with Crippen LogP contribution in [0.3, 0.4) is 0 Å². The highest BCUT2D eigenvalue weighted by molar-refractivity contribution is 7.98. The van der Waals surface area contributed by atoms with E-state index < -0.39 is 0 Å². The summed E-state index contributed by atoms with van der Waals surface area (Å²) in [5.41, 5.74) is -0.0388. The van der Waals surface area contributed by atoms with Crippen LogP contribution >= 0.6 is 11.8 Å². The predicted octanol–water partition coefficient (Wildman–Crippen LogP) is 2.18. The average Bonchev–Trinajstić information content (AvgIpc) is 1.94. The van der Waals surface area contributed by atoms with Gasteiger partial charge in [0, 0.05) is 5.75 Å². The van der Waals surface area contributed by atoms with Crippen molar-refractivity contribution in [2.75, 3.05) is 31.8 Å². The van der Waals surface area contributed by atoms with E-state index in [4.69, 9.17) is 9.47 Å². The van der Waals surface area contributed by atoms with Gasteiger partial charge in [0.05, 0.1) is 25.4 Å². The van der Waals surface area contributed by atoms with E-state index in [-0.39, 0.29) is 5.60 Å². The fourth-order valence-electron chi connectivity index (χ4n) is 0.651. The molecule has 0 aromatic heterocycles. The van der Waals surface area contributed by atoms with Crippen molar-refractivity contribution in [3.63, 3.8) is 0 Å². The molecule has 74 valence electrons. The zero-order valence-electron chi connectivity index (χ0n) is 8.55. The summed E-state index contributed by atoms with van der Waals surface area (Å²) < 4.78 is 10.8. The second-order valence-electron chi connectivity index (χ2n) is 3.57. The topological polar surface area (TPSA) is 18.5 Å². The number of thioether (sulfide) groups is 1. The third-order valence-electron chi connectivity index (χ3n) is 1.19. The maximum atomic E-state index is 5.48. The van der Waals surface area contributed by atoms with Gasteiger partial charge in [0.2, 0.25) is 0 Å². The Bertz CT molecular complexity index is 99.2. The first kappa shape index (κ1) is 12.3. The molecule has 0 amide bonds. The Labute approximate surface area is 80.0 Å². The Kier molecular flexibility index (Phi) is 6.90. The van der Waals surface area contributed by atoms with Crippen molar-refractivity contribution in [3.05, 3.63) is 0 Å². The van der Waals surface area contributed by atoms with E-state index in [9.17, 15) is 0 Å². The minimum absolute atomic E-state index is 0.0388. The molecular weight excluding hydrogens is 172 g/mol. The molecule has 0 aromatic carbocycles. The summed E-state index contributed by atoms with van der Waals surface area (Å²) in [5, 5.41) is 0. The van der Waals surface area contributed by atoms with Crippen LogP contribution in [0.1, 0.15) is 20.8 Å². The fraction of sp³-hybridized carbons (Fsp3) is 1.00. The molecule has 0 rings (SSSR count). The van der Waals surface area contributed by atoms with Crippen LogP contribution in [0.25, 0.3) is 0 Å². The summed E-state index contributed by atoms with van der Waals surface area (Å²) in [7, 11) is 0. The third-order valence-corrected chi connectivity index (χ3v) is 1.77. The zero-order chi connectivity index (χ0) is 9.45. The van der Waals surface area contributed by atoms with Crippen molar-refractivity contribution in [1.29, 1.82) is 0 Å².